The molecule has 1 fully saturated rings. The van der Waals surface area contributed by atoms with Crippen LogP contribution < -0.4 is 5.32 Å². The fourth-order valence-corrected chi connectivity index (χ4v) is 3.62. The number of carbonyl (C=O) groups excluding carboxylic acids is 1. The SMILES string of the molecule is CCC(NC(=O)C1C2C=CC(C2)C1C(=O)O)c1ncc[nH]1. The molecule has 0 radical (unpaired) electrons. The molecular weight excluding hydrogens is 270 g/mol. The lowest BCUT2D eigenvalue weighted by Crippen LogP contribution is -2.41. The maximum Gasteiger partial charge on any atom is 0.307 e. The van der Waals surface area contributed by atoms with Gasteiger partial charge in [0.15, 0.2) is 0 Å². The highest BCUT2D eigenvalue weighted by atomic mass is 16.4. The fourth-order valence-electron chi connectivity index (χ4n) is 3.62. The maximum absolute atomic E-state index is 12.6. The zero-order chi connectivity index (χ0) is 15.0. The fraction of sp³-hybridized carbons (Fsp3) is 0.533. The summed E-state index contributed by atoms with van der Waals surface area (Å²) in [6.07, 6.45) is 8.76. The molecule has 1 heterocycles. The van der Waals surface area contributed by atoms with Gasteiger partial charge in [-0.3, -0.25) is 9.59 Å². The minimum Gasteiger partial charge on any atom is -0.481 e. The highest BCUT2D eigenvalue weighted by Crippen LogP contribution is 2.48. The minimum atomic E-state index is -0.877. The lowest BCUT2D eigenvalue weighted by molar-refractivity contribution is -0.148. The third-order valence-electron chi connectivity index (χ3n) is 4.62. The van der Waals surface area contributed by atoms with E-state index in [-0.39, 0.29) is 23.8 Å². The minimum absolute atomic E-state index is 0.00746. The first-order valence-corrected chi connectivity index (χ1v) is 7.32. The molecule has 2 aliphatic rings. The lowest BCUT2D eigenvalue weighted by atomic mass is 9.82. The van der Waals surface area contributed by atoms with Crippen molar-refractivity contribution in [2.45, 2.75) is 25.8 Å². The molecule has 6 nitrogen and oxygen atoms in total. The van der Waals surface area contributed by atoms with E-state index in [4.69, 9.17) is 0 Å². The van der Waals surface area contributed by atoms with E-state index in [1.807, 2.05) is 19.1 Å². The van der Waals surface area contributed by atoms with Gasteiger partial charge in [0, 0.05) is 12.4 Å². The number of hydrogen-bond donors (Lipinski definition) is 3. The normalized spacial score (nSPS) is 31.3. The summed E-state index contributed by atoms with van der Waals surface area (Å²) in [5.74, 6) is -1.38. The van der Waals surface area contributed by atoms with Crippen molar-refractivity contribution in [2.75, 3.05) is 0 Å². The number of aromatic amines is 1. The van der Waals surface area contributed by atoms with Crippen LogP contribution in [0.3, 0.4) is 0 Å². The summed E-state index contributed by atoms with van der Waals surface area (Å²) in [7, 11) is 0. The quantitative estimate of drug-likeness (QED) is 0.716. The molecule has 0 saturated heterocycles. The van der Waals surface area contributed by atoms with E-state index in [2.05, 4.69) is 15.3 Å². The van der Waals surface area contributed by atoms with Gasteiger partial charge < -0.3 is 15.4 Å². The predicted octanol–water partition coefficient (Wildman–Crippen LogP) is 1.50. The van der Waals surface area contributed by atoms with E-state index < -0.39 is 17.8 Å². The highest BCUT2D eigenvalue weighted by molar-refractivity contribution is 5.87. The summed E-state index contributed by atoms with van der Waals surface area (Å²) in [5, 5.41) is 12.3. The van der Waals surface area contributed by atoms with Crippen molar-refractivity contribution in [2.24, 2.45) is 23.7 Å². The van der Waals surface area contributed by atoms with Crippen LogP contribution in [0.25, 0.3) is 0 Å². The number of nitrogens with one attached hydrogen (secondary N) is 2. The van der Waals surface area contributed by atoms with Crippen LogP contribution in [0.15, 0.2) is 24.5 Å². The third kappa shape index (κ3) is 2.34. The van der Waals surface area contributed by atoms with Gasteiger partial charge in [0.25, 0.3) is 0 Å². The van der Waals surface area contributed by atoms with E-state index in [1.165, 1.54) is 0 Å². The Labute approximate surface area is 122 Å². The molecule has 1 aromatic rings. The summed E-state index contributed by atoms with van der Waals surface area (Å²) >= 11 is 0. The van der Waals surface area contributed by atoms with Crippen LogP contribution in [0.1, 0.15) is 31.6 Å². The number of rotatable bonds is 5. The monoisotopic (exact) mass is 289 g/mol. The molecule has 1 amide bonds. The first-order chi connectivity index (χ1) is 10.1. The van der Waals surface area contributed by atoms with E-state index in [9.17, 15) is 14.7 Å². The van der Waals surface area contributed by atoms with Crippen molar-refractivity contribution in [3.63, 3.8) is 0 Å². The number of aliphatic carboxylic acids is 1. The molecular formula is C15H19N3O3. The average molecular weight is 289 g/mol. The topological polar surface area (TPSA) is 95.1 Å². The molecule has 2 aliphatic carbocycles. The highest BCUT2D eigenvalue weighted by Gasteiger charge is 2.51. The van der Waals surface area contributed by atoms with Gasteiger partial charge >= 0.3 is 5.97 Å². The molecule has 1 saturated carbocycles. The third-order valence-corrected chi connectivity index (χ3v) is 4.62. The lowest BCUT2D eigenvalue weighted by Gasteiger charge is -2.26. The second-order valence-corrected chi connectivity index (χ2v) is 5.78. The standard InChI is InChI=1S/C15H19N3O3/c1-2-10(13-16-5-6-17-13)18-14(19)11-8-3-4-9(7-8)12(11)15(20)21/h3-6,8-12H,2,7H2,1H3,(H,16,17)(H,18,19)(H,20,21). The number of carbonyl (C=O) groups is 2. The van der Waals surface area contributed by atoms with Gasteiger partial charge in [0.05, 0.1) is 17.9 Å². The number of aromatic nitrogens is 2. The van der Waals surface area contributed by atoms with Gasteiger partial charge in [-0.05, 0) is 24.7 Å². The van der Waals surface area contributed by atoms with Crippen LogP contribution in [0.4, 0.5) is 0 Å². The zero-order valence-electron chi connectivity index (χ0n) is 11.8. The van der Waals surface area contributed by atoms with Crippen molar-refractivity contribution < 1.29 is 14.7 Å². The number of amides is 1. The molecule has 0 aromatic carbocycles. The van der Waals surface area contributed by atoms with Crippen molar-refractivity contribution in [1.82, 2.24) is 15.3 Å². The number of nitrogens with zero attached hydrogens (tertiary/aromatic N) is 1. The molecule has 0 aliphatic heterocycles. The van der Waals surface area contributed by atoms with Crippen LogP contribution in [0.5, 0.6) is 0 Å². The Morgan fingerprint density at radius 1 is 1.43 bits per heavy atom. The average Bonchev–Trinajstić information content (AvgIpc) is 3.18. The molecule has 3 rings (SSSR count). The summed E-state index contributed by atoms with van der Waals surface area (Å²) in [5.41, 5.74) is 0. The molecule has 0 spiro atoms. The Kier molecular flexibility index (Phi) is 3.53. The number of hydrogen-bond acceptors (Lipinski definition) is 3. The molecule has 21 heavy (non-hydrogen) atoms. The van der Waals surface area contributed by atoms with Crippen LogP contribution in [0, 0.1) is 23.7 Å². The van der Waals surface area contributed by atoms with E-state index in [0.717, 1.165) is 6.42 Å². The Balaban J connectivity index is 1.75. The van der Waals surface area contributed by atoms with Crippen molar-refractivity contribution in [1.29, 1.82) is 0 Å². The molecule has 2 bridgehead atoms. The van der Waals surface area contributed by atoms with Gasteiger partial charge in [0.1, 0.15) is 5.82 Å². The smallest absolute Gasteiger partial charge is 0.307 e. The molecule has 5 unspecified atom stereocenters. The molecule has 3 N–H and O–H groups in total. The van der Waals surface area contributed by atoms with E-state index in [0.29, 0.717) is 12.2 Å². The number of allylic oxidation sites excluding steroid dienone is 2. The Hall–Kier alpha value is -2.11. The van der Waals surface area contributed by atoms with Gasteiger partial charge in [-0.1, -0.05) is 19.1 Å². The number of fused-ring (bicyclic) bond motifs is 2. The second-order valence-electron chi connectivity index (χ2n) is 5.78. The molecule has 6 heteroatoms. The number of carboxylic acids is 1. The van der Waals surface area contributed by atoms with Crippen LogP contribution >= 0.6 is 0 Å². The first kappa shape index (κ1) is 13.9. The van der Waals surface area contributed by atoms with Crippen LogP contribution in [-0.4, -0.2) is 27.0 Å². The first-order valence-electron chi connectivity index (χ1n) is 7.32. The zero-order valence-corrected chi connectivity index (χ0v) is 11.8. The second kappa shape index (κ2) is 5.35. The van der Waals surface area contributed by atoms with Gasteiger partial charge in [-0.15, -0.1) is 0 Å². The largest absolute Gasteiger partial charge is 0.481 e. The van der Waals surface area contributed by atoms with Gasteiger partial charge in [0.2, 0.25) is 5.91 Å². The predicted molar refractivity (Wildman–Crippen MR) is 75.1 cm³/mol. The number of carboxylic acid groups (broad SMARTS) is 1. The Morgan fingerprint density at radius 2 is 2.14 bits per heavy atom. The summed E-state index contributed by atoms with van der Waals surface area (Å²) in [6, 6.07) is -0.204. The van der Waals surface area contributed by atoms with Crippen LogP contribution in [0.2, 0.25) is 0 Å². The maximum atomic E-state index is 12.6. The summed E-state index contributed by atoms with van der Waals surface area (Å²) < 4.78 is 0. The summed E-state index contributed by atoms with van der Waals surface area (Å²) in [6.45, 7) is 1.96. The van der Waals surface area contributed by atoms with E-state index in [1.54, 1.807) is 12.4 Å². The van der Waals surface area contributed by atoms with Gasteiger partial charge in [-0.2, -0.15) is 0 Å². The Bertz CT molecular complexity index is 567. The van der Waals surface area contributed by atoms with Crippen molar-refractivity contribution in [3.8, 4) is 0 Å². The molecule has 112 valence electrons. The van der Waals surface area contributed by atoms with E-state index >= 15 is 0 Å². The number of H-pyrrole nitrogens is 1. The van der Waals surface area contributed by atoms with Crippen molar-refractivity contribution in [3.05, 3.63) is 30.4 Å². The molecule has 1 aromatic heterocycles. The molecule has 5 atom stereocenters. The van der Waals surface area contributed by atoms with Crippen LogP contribution in [-0.2, 0) is 9.59 Å². The number of imidazole rings is 1. The van der Waals surface area contributed by atoms with Crippen molar-refractivity contribution >= 4 is 11.9 Å². The van der Waals surface area contributed by atoms with Gasteiger partial charge in [-0.25, -0.2) is 4.98 Å². The summed E-state index contributed by atoms with van der Waals surface area (Å²) in [4.78, 5) is 31.2. The Morgan fingerprint density at radius 3 is 2.71 bits per heavy atom.